The highest BCUT2D eigenvalue weighted by Crippen LogP contribution is 2.26. The second-order valence-corrected chi connectivity index (χ2v) is 2.79. The van der Waals surface area contributed by atoms with Crippen molar-refractivity contribution in [2.75, 3.05) is 6.61 Å². The summed E-state index contributed by atoms with van der Waals surface area (Å²) in [4.78, 5) is 0. The van der Waals surface area contributed by atoms with Crippen molar-refractivity contribution in [2.45, 2.75) is 18.9 Å². The molecule has 1 aromatic heterocycles. The summed E-state index contributed by atoms with van der Waals surface area (Å²) in [5.41, 5.74) is 1.29. The third-order valence-corrected chi connectivity index (χ3v) is 2.22. The van der Waals surface area contributed by atoms with Gasteiger partial charge in [0.15, 0.2) is 0 Å². The Kier molecular flexibility index (Phi) is 1.27. The van der Waals surface area contributed by atoms with Crippen LogP contribution < -0.4 is 0 Å². The largest absolute Gasteiger partial charge is 0.396 e. The van der Waals surface area contributed by atoms with Gasteiger partial charge in [0.2, 0.25) is 0 Å². The molecule has 0 radical (unpaired) electrons. The Bertz CT molecular complexity index is 229. The van der Waals surface area contributed by atoms with Crippen LogP contribution in [0.15, 0.2) is 18.3 Å². The lowest BCUT2D eigenvalue weighted by Gasteiger charge is -2.01. The normalized spacial score (nSPS) is 23.1. The Morgan fingerprint density at radius 1 is 1.70 bits per heavy atom. The number of fused-ring (bicyclic) bond motifs is 1. The molecule has 0 spiro atoms. The van der Waals surface area contributed by atoms with Gasteiger partial charge in [0.1, 0.15) is 0 Å². The zero-order chi connectivity index (χ0) is 6.97. The minimum Gasteiger partial charge on any atom is -0.396 e. The van der Waals surface area contributed by atoms with Crippen molar-refractivity contribution in [3.63, 3.8) is 0 Å². The molecule has 0 fully saturated rings. The van der Waals surface area contributed by atoms with Crippen molar-refractivity contribution in [1.82, 2.24) is 4.57 Å². The van der Waals surface area contributed by atoms with E-state index in [2.05, 4.69) is 16.8 Å². The predicted molar refractivity (Wildman–Crippen MR) is 38.9 cm³/mol. The van der Waals surface area contributed by atoms with E-state index in [4.69, 9.17) is 5.11 Å². The highest BCUT2D eigenvalue weighted by Gasteiger charge is 2.19. The van der Waals surface area contributed by atoms with E-state index in [1.165, 1.54) is 5.69 Å². The second kappa shape index (κ2) is 2.13. The van der Waals surface area contributed by atoms with Gasteiger partial charge in [-0.15, -0.1) is 0 Å². The fraction of sp³-hybridized carbons (Fsp3) is 0.500. The van der Waals surface area contributed by atoms with E-state index in [1.54, 1.807) is 0 Å². The lowest BCUT2D eigenvalue weighted by atomic mass is 10.1. The molecule has 1 aliphatic rings. The van der Waals surface area contributed by atoms with Gasteiger partial charge in [0, 0.05) is 24.4 Å². The zero-order valence-corrected chi connectivity index (χ0v) is 5.83. The first-order valence-corrected chi connectivity index (χ1v) is 3.67. The third-order valence-electron chi connectivity index (χ3n) is 2.22. The van der Waals surface area contributed by atoms with Crippen LogP contribution in [0.1, 0.15) is 18.0 Å². The van der Waals surface area contributed by atoms with E-state index in [-0.39, 0.29) is 0 Å². The zero-order valence-electron chi connectivity index (χ0n) is 5.83. The summed E-state index contributed by atoms with van der Waals surface area (Å²) in [7, 11) is 0. The molecule has 0 saturated carbocycles. The molecule has 2 rings (SSSR count). The van der Waals surface area contributed by atoms with Crippen LogP contribution >= 0.6 is 0 Å². The van der Waals surface area contributed by atoms with Gasteiger partial charge in [-0.05, 0) is 18.6 Å². The summed E-state index contributed by atoms with van der Waals surface area (Å²) in [5, 5.41) is 8.92. The minimum absolute atomic E-state index is 0.296. The van der Waals surface area contributed by atoms with Crippen LogP contribution in [-0.2, 0) is 6.54 Å². The van der Waals surface area contributed by atoms with Gasteiger partial charge in [-0.3, -0.25) is 0 Å². The lowest BCUT2D eigenvalue weighted by Crippen LogP contribution is -1.97. The number of aliphatic hydroxyl groups is 1. The molecule has 1 aromatic rings. The Balaban J connectivity index is 2.34. The van der Waals surface area contributed by atoms with E-state index >= 15 is 0 Å². The van der Waals surface area contributed by atoms with Gasteiger partial charge < -0.3 is 9.67 Å². The first-order valence-electron chi connectivity index (χ1n) is 3.67. The summed E-state index contributed by atoms with van der Waals surface area (Å²) in [6.07, 6.45) is 3.18. The Morgan fingerprint density at radius 3 is 3.40 bits per heavy atom. The maximum Gasteiger partial charge on any atom is 0.0514 e. The maximum absolute atomic E-state index is 8.92. The van der Waals surface area contributed by atoms with E-state index in [9.17, 15) is 0 Å². The van der Waals surface area contributed by atoms with Crippen molar-refractivity contribution < 1.29 is 5.11 Å². The summed E-state index contributed by atoms with van der Waals surface area (Å²) in [5.74, 6) is 0.398. The fourth-order valence-electron chi connectivity index (χ4n) is 1.63. The number of aromatic nitrogens is 1. The average Bonchev–Trinajstić information content (AvgIpc) is 2.44. The Morgan fingerprint density at radius 2 is 2.60 bits per heavy atom. The highest BCUT2D eigenvalue weighted by molar-refractivity contribution is 5.16. The van der Waals surface area contributed by atoms with Gasteiger partial charge in [0.05, 0.1) is 6.61 Å². The minimum atomic E-state index is 0.296. The molecule has 0 aromatic carbocycles. The molecule has 0 aliphatic carbocycles. The van der Waals surface area contributed by atoms with Gasteiger partial charge in [0.25, 0.3) is 0 Å². The quantitative estimate of drug-likeness (QED) is 0.613. The molecular formula is C8H11NO. The highest BCUT2D eigenvalue weighted by atomic mass is 16.3. The SMILES string of the molecule is OC[C@@H]1CCn2cccc21. The number of aliphatic hydroxyl groups excluding tert-OH is 1. The molecule has 0 unspecified atom stereocenters. The summed E-state index contributed by atoms with van der Waals surface area (Å²) in [6, 6.07) is 4.13. The molecule has 54 valence electrons. The molecule has 0 bridgehead atoms. The number of hydrogen-bond donors (Lipinski definition) is 1. The van der Waals surface area contributed by atoms with E-state index in [0.29, 0.717) is 12.5 Å². The van der Waals surface area contributed by atoms with Crippen LogP contribution in [0.4, 0.5) is 0 Å². The van der Waals surface area contributed by atoms with Gasteiger partial charge in [-0.1, -0.05) is 0 Å². The van der Waals surface area contributed by atoms with E-state index < -0.39 is 0 Å². The van der Waals surface area contributed by atoms with Crippen molar-refractivity contribution in [1.29, 1.82) is 0 Å². The van der Waals surface area contributed by atoms with Crippen molar-refractivity contribution in [3.8, 4) is 0 Å². The molecule has 1 atom stereocenters. The number of nitrogens with zero attached hydrogens (tertiary/aromatic N) is 1. The molecule has 1 N–H and O–H groups in total. The number of rotatable bonds is 1. The Labute approximate surface area is 60.1 Å². The standard InChI is InChI=1S/C8H11NO/c10-6-7-3-5-9-4-1-2-8(7)9/h1-2,4,7,10H,3,5-6H2/t7-/m0/s1. The third kappa shape index (κ3) is 0.688. The molecule has 0 amide bonds. The van der Waals surface area contributed by atoms with Crippen LogP contribution in [0.2, 0.25) is 0 Å². The Hall–Kier alpha value is -0.760. The van der Waals surface area contributed by atoms with E-state index in [0.717, 1.165) is 13.0 Å². The second-order valence-electron chi connectivity index (χ2n) is 2.79. The smallest absolute Gasteiger partial charge is 0.0514 e. The van der Waals surface area contributed by atoms with Crippen molar-refractivity contribution >= 4 is 0 Å². The van der Waals surface area contributed by atoms with Crippen LogP contribution in [0, 0.1) is 0 Å². The van der Waals surface area contributed by atoms with Crippen LogP contribution in [0.5, 0.6) is 0 Å². The maximum atomic E-state index is 8.92. The van der Waals surface area contributed by atoms with Gasteiger partial charge >= 0.3 is 0 Å². The number of aryl methyl sites for hydroxylation is 1. The summed E-state index contributed by atoms with van der Waals surface area (Å²) < 4.78 is 2.21. The van der Waals surface area contributed by atoms with Crippen LogP contribution in [0.3, 0.4) is 0 Å². The van der Waals surface area contributed by atoms with Crippen LogP contribution in [-0.4, -0.2) is 16.3 Å². The molecule has 2 heteroatoms. The lowest BCUT2D eigenvalue weighted by molar-refractivity contribution is 0.265. The van der Waals surface area contributed by atoms with Crippen molar-refractivity contribution in [3.05, 3.63) is 24.0 Å². The fourth-order valence-corrected chi connectivity index (χ4v) is 1.63. The average molecular weight is 137 g/mol. The monoisotopic (exact) mass is 137 g/mol. The molecule has 1 aliphatic heterocycles. The molecule has 10 heavy (non-hydrogen) atoms. The van der Waals surface area contributed by atoms with Gasteiger partial charge in [-0.2, -0.15) is 0 Å². The first kappa shape index (κ1) is 5.98. The first-order chi connectivity index (χ1) is 4.92. The molecule has 2 heterocycles. The van der Waals surface area contributed by atoms with E-state index in [1.807, 2.05) is 6.07 Å². The van der Waals surface area contributed by atoms with Crippen LogP contribution in [0.25, 0.3) is 0 Å². The van der Waals surface area contributed by atoms with Gasteiger partial charge in [-0.25, -0.2) is 0 Å². The summed E-state index contributed by atoms with van der Waals surface area (Å²) >= 11 is 0. The molecular weight excluding hydrogens is 126 g/mol. The number of hydrogen-bond acceptors (Lipinski definition) is 1. The summed E-state index contributed by atoms with van der Waals surface area (Å²) in [6.45, 7) is 1.37. The molecule has 2 nitrogen and oxygen atoms in total. The molecule has 0 saturated heterocycles. The predicted octanol–water partition coefficient (Wildman–Crippen LogP) is 0.968. The topological polar surface area (TPSA) is 25.2 Å². The van der Waals surface area contributed by atoms with Crippen molar-refractivity contribution in [2.24, 2.45) is 0 Å².